The fraction of sp³-hybridized carbons (Fsp3) is 0.312. The van der Waals surface area contributed by atoms with Gasteiger partial charge in [0.1, 0.15) is 5.82 Å². The van der Waals surface area contributed by atoms with Crippen LogP contribution in [-0.4, -0.2) is 16.1 Å². The molecule has 0 aliphatic rings. The van der Waals surface area contributed by atoms with E-state index >= 15 is 0 Å². The molecular weight excluding hydrogens is 293 g/mol. The number of hydrogen-bond donors (Lipinski definition) is 2. The fourth-order valence-electron chi connectivity index (χ4n) is 2.23. The van der Waals surface area contributed by atoms with Crippen molar-refractivity contribution in [1.82, 2.24) is 10.3 Å². The third kappa shape index (κ3) is 3.84. The summed E-state index contributed by atoms with van der Waals surface area (Å²) in [5.41, 5.74) is 0.896. The minimum atomic E-state index is -1.03. The monoisotopic (exact) mass is 310 g/mol. The van der Waals surface area contributed by atoms with Gasteiger partial charge in [-0.05, 0) is 43.2 Å². The van der Waals surface area contributed by atoms with Crippen molar-refractivity contribution >= 4 is 0 Å². The summed E-state index contributed by atoms with van der Waals surface area (Å²) in [6, 6.07) is 3.89. The van der Waals surface area contributed by atoms with E-state index in [0.29, 0.717) is 5.56 Å². The van der Waals surface area contributed by atoms with Crippen molar-refractivity contribution in [3.05, 3.63) is 65.2 Å². The zero-order chi connectivity index (χ0) is 16.3. The molecule has 0 spiro atoms. The predicted molar refractivity (Wildman–Crippen MR) is 76.5 cm³/mol. The maximum atomic E-state index is 13.2. The molecule has 3 unspecified atom stereocenters. The van der Waals surface area contributed by atoms with E-state index in [1.54, 1.807) is 13.8 Å². The van der Waals surface area contributed by atoms with Gasteiger partial charge in [0.15, 0.2) is 11.6 Å². The Morgan fingerprint density at radius 1 is 1.00 bits per heavy atom. The average Bonchev–Trinajstić information content (AvgIpc) is 2.49. The van der Waals surface area contributed by atoms with Crippen LogP contribution in [0.3, 0.4) is 0 Å². The van der Waals surface area contributed by atoms with Gasteiger partial charge >= 0.3 is 0 Å². The summed E-state index contributed by atoms with van der Waals surface area (Å²) in [7, 11) is 0. The lowest BCUT2D eigenvalue weighted by atomic mass is 10.0. The molecule has 0 saturated heterocycles. The molecule has 2 rings (SSSR count). The van der Waals surface area contributed by atoms with Crippen LogP contribution in [0.15, 0.2) is 36.7 Å². The normalized spacial score (nSPS) is 15.4. The summed E-state index contributed by atoms with van der Waals surface area (Å²) in [4.78, 5) is 3.77. The summed E-state index contributed by atoms with van der Waals surface area (Å²) in [5.74, 6) is -2.41. The first-order valence-corrected chi connectivity index (χ1v) is 6.88. The van der Waals surface area contributed by atoms with E-state index in [4.69, 9.17) is 0 Å². The number of aromatic nitrogens is 1. The SMILES string of the molecule is CC(NC(C)C(O)c1ccc(F)c(F)c1)c1cncc(F)c1. The summed E-state index contributed by atoms with van der Waals surface area (Å²) >= 11 is 0. The van der Waals surface area contributed by atoms with Gasteiger partial charge in [-0.2, -0.15) is 0 Å². The van der Waals surface area contributed by atoms with E-state index in [-0.39, 0.29) is 11.6 Å². The summed E-state index contributed by atoms with van der Waals surface area (Å²) < 4.78 is 39.3. The van der Waals surface area contributed by atoms with Gasteiger partial charge in [0.2, 0.25) is 0 Å². The molecule has 118 valence electrons. The van der Waals surface area contributed by atoms with Crippen molar-refractivity contribution in [2.45, 2.75) is 32.0 Å². The van der Waals surface area contributed by atoms with Gasteiger partial charge in [-0.15, -0.1) is 0 Å². The Kier molecular flexibility index (Phi) is 5.15. The van der Waals surface area contributed by atoms with Crippen molar-refractivity contribution in [3.63, 3.8) is 0 Å². The van der Waals surface area contributed by atoms with Crippen LogP contribution in [0.4, 0.5) is 13.2 Å². The zero-order valence-corrected chi connectivity index (χ0v) is 12.2. The van der Waals surface area contributed by atoms with Crippen LogP contribution >= 0.6 is 0 Å². The molecule has 22 heavy (non-hydrogen) atoms. The molecule has 0 amide bonds. The maximum absolute atomic E-state index is 13.2. The number of pyridine rings is 1. The van der Waals surface area contributed by atoms with Gasteiger partial charge in [-0.3, -0.25) is 4.98 Å². The zero-order valence-electron chi connectivity index (χ0n) is 12.2. The lowest BCUT2D eigenvalue weighted by Crippen LogP contribution is -2.34. The number of aliphatic hydroxyl groups is 1. The van der Waals surface area contributed by atoms with Crippen LogP contribution in [-0.2, 0) is 0 Å². The second-order valence-corrected chi connectivity index (χ2v) is 5.23. The van der Waals surface area contributed by atoms with Crippen molar-refractivity contribution in [1.29, 1.82) is 0 Å². The molecule has 1 heterocycles. The first-order valence-electron chi connectivity index (χ1n) is 6.88. The van der Waals surface area contributed by atoms with Crippen molar-refractivity contribution < 1.29 is 18.3 Å². The molecule has 0 radical (unpaired) electrons. The molecule has 1 aromatic carbocycles. The third-order valence-electron chi connectivity index (χ3n) is 3.50. The summed E-state index contributed by atoms with van der Waals surface area (Å²) in [5, 5.41) is 13.3. The van der Waals surface area contributed by atoms with Crippen molar-refractivity contribution in [2.75, 3.05) is 0 Å². The number of nitrogens with one attached hydrogen (secondary N) is 1. The van der Waals surface area contributed by atoms with E-state index in [2.05, 4.69) is 10.3 Å². The Hall–Kier alpha value is -1.92. The first kappa shape index (κ1) is 16.5. The molecule has 3 nitrogen and oxygen atoms in total. The highest BCUT2D eigenvalue weighted by Crippen LogP contribution is 2.22. The van der Waals surface area contributed by atoms with Crippen LogP contribution in [0.2, 0.25) is 0 Å². The second-order valence-electron chi connectivity index (χ2n) is 5.23. The van der Waals surface area contributed by atoms with E-state index in [9.17, 15) is 18.3 Å². The number of hydrogen-bond acceptors (Lipinski definition) is 3. The van der Waals surface area contributed by atoms with Gasteiger partial charge < -0.3 is 10.4 Å². The lowest BCUT2D eigenvalue weighted by molar-refractivity contribution is 0.130. The first-order chi connectivity index (χ1) is 10.4. The molecule has 0 fully saturated rings. The fourth-order valence-corrected chi connectivity index (χ4v) is 2.23. The Morgan fingerprint density at radius 3 is 2.36 bits per heavy atom. The second kappa shape index (κ2) is 6.89. The molecule has 6 heteroatoms. The molecule has 2 N–H and O–H groups in total. The Bertz CT molecular complexity index is 651. The Morgan fingerprint density at radius 2 is 1.73 bits per heavy atom. The molecule has 0 aliphatic carbocycles. The highest BCUT2D eigenvalue weighted by Gasteiger charge is 2.20. The third-order valence-corrected chi connectivity index (χ3v) is 3.50. The molecule has 3 atom stereocenters. The van der Waals surface area contributed by atoms with E-state index in [0.717, 1.165) is 18.3 Å². The standard InChI is InChI=1S/C16H17F3N2O/c1-9(12-5-13(17)8-20-7-12)21-10(2)16(22)11-3-4-14(18)15(19)6-11/h3-10,16,21-22H,1-2H3. The molecule has 0 bridgehead atoms. The molecular formula is C16H17F3N2O. The molecule has 0 saturated carbocycles. The minimum absolute atomic E-state index is 0.266. The summed E-state index contributed by atoms with van der Waals surface area (Å²) in [6.07, 6.45) is 1.60. The van der Waals surface area contributed by atoms with Gasteiger partial charge in [0.25, 0.3) is 0 Å². The highest BCUT2D eigenvalue weighted by molar-refractivity contribution is 5.21. The highest BCUT2D eigenvalue weighted by atomic mass is 19.2. The smallest absolute Gasteiger partial charge is 0.159 e. The Labute approximate surface area is 126 Å². The Balaban J connectivity index is 2.07. The average molecular weight is 310 g/mol. The number of halogens is 3. The van der Waals surface area contributed by atoms with E-state index in [1.807, 2.05) is 0 Å². The maximum Gasteiger partial charge on any atom is 0.159 e. The van der Waals surface area contributed by atoms with Gasteiger partial charge in [-0.1, -0.05) is 6.07 Å². The molecule has 1 aromatic heterocycles. The van der Waals surface area contributed by atoms with Crippen LogP contribution < -0.4 is 5.32 Å². The van der Waals surface area contributed by atoms with Crippen LogP contribution in [0.1, 0.15) is 37.1 Å². The van der Waals surface area contributed by atoms with Gasteiger partial charge in [0.05, 0.1) is 12.3 Å². The quantitative estimate of drug-likeness (QED) is 0.891. The van der Waals surface area contributed by atoms with E-state index < -0.39 is 29.6 Å². The summed E-state index contributed by atoms with van der Waals surface area (Å²) in [6.45, 7) is 3.50. The van der Waals surface area contributed by atoms with E-state index in [1.165, 1.54) is 18.3 Å². The molecule has 2 aromatic rings. The topological polar surface area (TPSA) is 45.1 Å². The van der Waals surface area contributed by atoms with Crippen molar-refractivity contribution in [3.8, 4) is 0 Å². The predicted octanol–water partition coefficient (Wildman–Crippen LogP) is 3.27. The van der Waals surface area contributed by atoms with Gasteiger partial charge in [-0.25, -0.2) is 13.2 Å². The largest absolute Gasteiger partial charge is 0.387 e. The number of rotatable bonds is 5. The van der Waals surface area contributed by atoms with Crippen LogP contribution in [0.25, 0.3) is 0 Å². The van der Waals surface area contributed by atoms with Crippen LogP contribution in [0.5, 0.6) is 0 Å². The lowest BCUT2D eigenvalue weighted by Gasteiger charge is -2.25. The van der Waals surface area contributed by atoms with Gasteiger partial charge in [0, 0.05) is 18.3 Å². The minimum Gasteiger partial charge on any atom is -0.387 e. The number of benzene rings is 1. The van der Waals surface area contributed by atoms with Crippen molar-refractivity contribution in [2.24, 2.45) is 0 Å². The van der Waals surface area contributed by atoms with Crippen LogP contribution in [0, 0.1) is 17.5 Å². The molecule has 0 aliphatic heterocycles. The number of aliphatic hydroxyl groups excluding tert-OH is 1. The number of nitrogens with zero attached hydrogens (tertiary/aromatic N) is 1.